The van der Waals surface area contributed by atoms with Crippen molar-refractivity contribution in [3.8, 4) is 5.75 Å². The zero-order valence-electron chi connectivity index (χ0n) is 21.3. The van der Waals surface area contributed by atoms with Gasteiger partial charge in [-0.25, -0.2) is 9.37 Å². The van der Waals surface area contributed by atoms with E-state index in [1.54, 1.807) is 60.5 Å². The monoisotopic (exact) mass is 530 g/mol. The lowest BCUT2D eigenvalue weighted by atomic mass is 10.2. The van der Waals surface area contributed by atoms with Crippen LogP contribution in [0.1, 0.15) is 21.5 Å². The van der Waals surface area contributed by atoms with E-state index < -0.39 is 23.4 Å². The van der Waals surface area contributed by atoms with E-state index in [9.17, 15) is 18.8 Å². The largest absolute Gasteiger partial charge is 0.497 e. The summed E-state index contributed by atoms with van der Waals surface area (Å²) in [6, 6.07) is 18.7. The first-order chi connectivity index (χ1) is 18.9. The fourth-order valence-electron chi connectivity index (χ4n) is 4.51. The minimum atomic E-state index is -0.630. The number of fused-ring (bicyclic) bond motifs is 1. The van der Waals surface area contributed by atoms with E-state index in [4.69, 9.17) is 9.47 Å². The molecule has 1 aliphatic heterocycles. The zero-order chi connectivity index (χ0) is 27.4. The normalized spacial score (nSPS) is 15.8. The lowest BCUT2D eigenvalue weighted by molar-refractivity contribution is -0.132. The van der Waals surface area contributed by atoms with Gasteiger partial charge >= 0.3 is 0 Å². The predicted molar refractivity (Wildman–Crippen MR) is 141 cm³/mol. The average Bonchev–Trinajstić information content (AvgIpc) is 3.11. The van der Waals surface area contributed by atoms with Gasteiger partial charge in [0.2, 0.25) is 5.91 Å². The van der Waals surface area contributed by atoms with E-state index in [1.165, 1.54) is 27.8 Å². The van der Waals surface area contributed by atoms with Crippen molar-refractivity contribution in [2.24, 2.45) is 0 Å². The molecule has 0 bridgehead atoms. The maximum atomic E-state index is 14.2. The maximum absolute atomic E-state index is 14.2. The number of carbonyl (C=O) groups excluding carboxylic acids is 2. The van der Waals surface area contributed by atoms with Gasteiger partial charge < -0.3 is 19.3 Å². The van der Waals surface area contributed by atoms with Gasteiger partial charge in [0.1, 0.15) is 29.3 Å². The Hall–Kier alpha value is -4.57. The molecule has 4 aromatic rings. The van der Waals surface area contributed by atoms with Crippen molar-refractivity contribution >= 4 is 17.5 Å². The van der Waals surface area contributed by atoms with E-state index in [2.05, 4.69) is 4.98 Å². The summed E-state index contributed by atoms with van der Waals surface area (Å²) >= 11 is 0. The molecule has 0 N–H and O–H groups in total. The number of benzene rings is 2. The van der Waals surface area contributed by atoms with E-state index in [0.717, 1.165) is 5.56 Å². The van der Waals surface area contributed by atoms with E-state index >= 15 is 0 Å². The Labute approximate surface area is 224 Å². The van der Waals surface area contributed by atoms with Gasteiger partial charge in [-0.1, -0.05) is 36.4 Å². The van der Waals surface area contributed by atoms with Gasteiger partial charge in [-0.05, 0) is 35.9 Å². The summed E-state index contributed by atoms with van der Waals surface area (Å²) in [7, 11) is 1.58. The van der Waals surface area contributed by atoms with Crippen LogP contribution >= 0.6 is 0 Å². The smallest absolute Gasteiger partial charge is 0.270 e. The van der Waals surface area contributed by atoms with Crippen molar-refractivity contribution < 1.29 is 23.5 Å². The van der Waals surface area contributed by atoms with Gasteiger partial charge in [-0.15, -0.1) is 0 Å². The minimum Gasteiger partial charge on any atom is -0.497 e. The van der Waals surface area contributed by atoms with Crippen molar-refractivity contribution in [3.05, 3.63) is 112 Å². The van der Waals surface area contributed by atoms with Crippen LogP contribution in [-0.2, 0) is 22.7 Å². The fourth-order valence-corrected chi connectivity index (χ4v) is 4.51. The molecule has 2 aromatic heterocycles. The molecule has 0 aliphatic carbocycles. The lowest BCUT2D eigenvalue weighted by Crippen LogP contribution is -2.42. The van der Waals surface area contributed by atoms with Crippen LogP contribution in [0, 0.1) is 5.82 Å². The molecule has 3 heterocycles. The number of rotatable bonds is 7. The highest BCUT2D eigenvalue weighted by molar-refractivity contribution is 5.96. The SMILES string of the molecule is COc1ccc(CN2C[C@@H](OCc3ccccc3F)CN(C(=O)c3cnc4ccccn4c3=O)CC2=O)cc1. The number of hydrogen-bond acceptors (Lipinski definition) is 6. The Bertz CT molecular complexity index is 1560. The molecule has 5 rings (SSSR count). The average molecular weight is 531 g/mol. The Morgan fingerprint density at radius 1 is 1.03 bits per heavy atom. The number of carbonyl (C=O) groups is 2. The first-order valence-electron chi connectivity index (χ1n) is 12.4. The molecule has 1 atom stereocenters. The van der Waals surface area contributed by atoms with Crippen LogP contribution in [0.25, 0.3) is 5.65 Å². The van der Waals surface area contributed by atoms with Gasteiger partial charge in [-0.2, -0.15) is 0 Å². The van der Waals surface area contributed by atoms with Crippen LogP contribution in [0.4, 0.5) is 4.39 Å². The molecule has 200 valence electrons. The number of halogens is 1. The molecule has 39 heavy (non-hydrogen) atoms. The summed E-state index contributed by atoms with van der Waals surface area (Å²) in [5.41, 5.74) is 0.963. The summed E-state index contributed by atoms with van der Waals surface area (Å²) in [6.45, 7) is 0.216. The van der Waals surface area contributed by atoms with E-state index in [0.29, 0.717) is 17.0 Å². The van der Waals surface area contributed by atoms with Crippen molar-refractivity contribution in [1.29, 1.82) is 0 Å². The number of hydrogen-bond donors (Lipinski definition) is 0. The van der Waals surface area contributed by atoms with Crippen LogP contribution in [0.3, 0.4) is 0 Å². The zero-order valence-corrected chi connectivity index (χ0v) is 21.3. The van der Waals surface area contributed by atoms with Crippen molar-refractivity contribution in [2.75, 3.05) is 26.7 Å². The number of methoxy groups -OCH3 is 1. The van der Waals surface area contributed by atoms with Crippen molar-refractivity contribution in [2.45, 2.75) is 19.3 Å². The number of nitrogens with zero attached hydrogens (tertiary/aromatic N) is 4. The Balaban J connectivity index is 1.41. The number of pyridine rings is 1. The van der Waals surface area contributed by atoms with Crippen LogP contribution in [0.15, 0.2) is 83.9 Å². The molecule has 2 amide bonds. The molecule has 0 unspecified atom stereocenters. The molecule has 1 saturated heterocycles. The maximum Gasteiger partial charge on any atom is 0.270 e. The third-order valence-electron chi connectivity index (χ3n) is 6.62. The molecule has 0 spiro atoms. The first kappa shape index (κ1) is 26.1. The highest BCUT2D eigenvalue weighted by Crippen LogP contribution is 2.18. The second-order valence-corrected chi connectivity index (χ2v) is 9.24. The number of ether oxygens (including phenoxy) is 2. The van der Waals surface area contributed by atoms with Gasteiger partial charge in [0.05, 0.1) is 19.8 Å². The molecule has 9 nitrogen and oxygen atoms in total. The van der Waals surface area contributed by atoms with Crippen LogP contribution in [-0.4, -0.2) is 63.8 Å². The third-order valence-corrected chi connectivity index (χ3v) is 6.62. The van der Waals surface area contributed by atoms with Crippen LogP contribution in [0.2, 0.25) is 0 Å². The molecule has 0 saturated carbocycles. The quantitative estimate of drug-likeness (QED) is 0.365. The van der Waals surface area contributed by atoms with Gasteiger partial charge in [-0.3, -0.25) is 18.8 Å². The van der Waals surface area contributed by atoms with E-state index in [-0.39, 0.29) is 44.3 Å². The topological polar surface area (TPSA) is 93.4 Å². The molecule has 2 aromatic carbocycles. The Morgan fingerprint density at radius 2 is 1.79 bits per heavy atom. The van der Waals surface area contributed by atoms with Crippen LogP contribution in [0.5, 0.6) is 5.75 Å². The van der Waals surface area contributed by atoms with Gasteiger partial charge in [0, 0.05) is 37.6 Å². The fraction of sp³-hybridized carbons (Fsp3) is 0.241. The lowest BCUT2D eigenvalue weighted by Gasteiger charge is -2.25. The minimum absolute atomic E-state index is 0.0368. The van der Waals surface area contributed by atoms with Gasteiger partial charge in [0.15, 0.2) is 0 Å². The number of aromatic nitrogens is 2. The standard InChI is InChI=1S/C29H27FN4O5/c1-38-22-11-9-20(10-12-22)15-32-16-23(39-19-21-6-2-3-7-25(21)30)17-33(18-27(32)35)28(36)24-14-31-26-8-4-5-13-34(26)29(24)37/h2-14,23H,15-19H2,1H3/t23-/m1/s1. The second kappa shape index (κ2) is 11.4. The highest BCUT2D eigenvalue weighted by atomic mass is 19.1. The summed E-state index contributed by atoms with van der Waals surface area (Å²) in [5.74, 6) is -0.630. The Kier molecular flexibility index (Phi) is 7.64. The van der Waals surface area contributed by atoms with E-state index in [1.807, 2.05) is 12.1 Å². The second-order valence-electron chi connectivity index (χ2n) is 9.24. The first-order valence-corrected chi connectivity index (χ1v) is 12.4. The molecule has 0 radical (unpaired) electrons. The van der Waals surface area contributed by atoms with Crippen molar-refractivity contribution in [3.63, 3.8) is 0 Å². The predicted octanol–water partition coefficient (Wildman–Crippen LogP) is 2.91. The summed E-state index contributed by atoms with van der Waals surface area (Å²) in [6.07, 6.45) is 2.14. The molecular formula is C29H27FN4O5. The summed E-state index contributed by atoms with van der Waals surface area (Å²) in [5, 5.41) is 0. The number of amides is 2. The molecule has 1 aliphatic rings. The summed E-state index contributed by atoms with van der Waals surface area (Å²) < 4.78 is 26.8. The molecule has 10 heteroatoms. The Morgan fingerprint density at radius 3 is 2.56 bits per heavy atom. The summed E-state index contributed by atoms with van der Waals surface area (Å²) in [4.78, 5) is 47.1. The van der Waals surface area contributed by atoms with Gasteiger partial charge in [0.25, 0.3) is 11.5 Å². The highest BCUT2D eigenvalue weighted by Gasteiger charge is 2.32. The molecular weight excluding hydrogens is 503 g/mol. The molecule has 1 fully saturated rings. The van der Waals surface area contributed by atoms with Crippen LogP contribution < -0.4 is 10.3 Å². The third kappa shape index (κ3) is 5.80. The van der Waals surface area contributed by atoms with Crippen molar-refractivity contribution in [1.82, 2.24) is 19.2 Å².